The molecule has 0 spiro atoms. The summed E-state index contributed by atoms with van der Waals surface area (Å²) in [5.41, 5.74) is 0. The third-order valence-electron chi connectivity index (χ3n) is 3.86. The van der Waals surface area contributed by atoms with Gasteiger partial charge in [0.15, 0.2) is 0 Å². The van der Waals surface area contributed by atoms with E-state index in [2.05, 4.69) is 40.6 Å². The second kappa shape index (κ2) is 6.75. The molecular weight excluding hydrogens is 290 g/mol. The average molecular weight is 313 g/mol. The van der Waals surface area contributed by atoms with Gasteiger partial charge in [-0.1, -0.05) is 0 Å². The largest absolute Gasteiger partial charge is 0.380 e. The van der Waals surface area contributed by atoms with E-state index >= 15 is 0 Å². The van der Waals surface area contributed by atoms with Crippen molar-refractivity contribution in [3.63, 3.8) is 0 Å². The molecule has 0 aromatic carbocycles. The molecule has 2 unspecified atom stereocenters. The van der Waals surface area contributed by atoms with Gasteiger partial charge < -0.3 is 9.64 Å². The van der Waals surface area contributed by atoms with E-state index in [1.54, 1.807) is 0 Å². The Morgan fingerprint density at radius 1 is 1.50 bits per heavy atom. The minimum atomic E-state index is 0.665. The number of hydrogen-bond acceptors (Lipinski definition) is 6. The number of aromatic nitrogens is 1. The quantitative estimate of drug-likeness (QED) is 0.847. The molecule has 0 aliphatic carbocycles. The van der Waals surface area contributed by atoms with Crippen molar-refractivity contribution in [3.8, 4) is 0 Å². The molecule has 4 nitrogen and oxygen atoms in total. The fraction of sp³-hybridized carbons (Fsp3) is 0.786. The number of fused-ring (bicyclic) bond motifs is 1. The molecule has 1 aromatic heterocycles. The minimum Gasteiger partial charge on any atom is -0.380 e. The number of thiazole rings is 1. The molecule has 2 atom stereocenters. The third-order valence-corrected chi connectivity index (χ3v) is 6.12. The van der Waals surface area contributed by atoms with Crippen molar-refractivity contribution in [2.45, 2.75) is 30.8 Å². The van der Waals surface area contributed by atoms with Gasteiger partial charge in [-0.05, 0) is 20.5 Å². The SMILES string of the molecule is CN(C)Cc1cnc(CN2CCSC3COCCC32)s1. The van der Waals surface area contributed by atoms with Crippen molar-refractivity contribution in [1.29, 1.82) is 0 Å². The number of thioether (sulfide) groups is 1. The van der Waals surface area contributed by atoms with Crippen LogP contribution in [0.25, 0.3) is 0 Å². The van der Waals surface area contributed by atoms with Gasteiger partial charge in [-0.15, -0.1) is 11.3 Å². The van der Waals surface area contributed by atoms with Crippen molar-refractivity contribution < 1.29 is 4.74 Å². The third kappa shape index (κ3) is 3.54. The summed E-state index contributed by atoms with van der Waals surface area (Å²) in [6.45, 7) is 5.04. The minimum absolute atomic E-state index is 0.665. The summed E-state index contributed by atoms with van der Waals surface area (Å²) in [6.07, 6.45) is 3.22. The molecule has 1 aromatic rings. The Balaban J connectivity index is 1.62. The maximum atomic E-state index is 5.62. The maximum Gasteiger partial charge on any atom is 0.107 e. The summed E-state index contributed by atoms with van der Waals surface area (Å²) in [4.78, 5) is 10.8. The maximum absolute atomic E-state index is 5.62. The zero-order valence-corrected chi connectivity index (χ0v) is 13.9. The summed E-state index contributed by atoms with van der Waals surface area (Å²) in [5, 5.41) is 1.93. The smallest absolute Gasteiger partial charge is 0.107 e. The Bertz CT molecular complexity index is 436. The molecular formula is C14H23N3OS2. The normalized spacial score (nSPS) is 27.8. The van der Waals surface area contributed by atoms with Gasteiger partial charge in [0.2, 0.25) is 0 Å². The van der Waals surface area contributed by atoms with Gasteiger partial charge in [0.05, 0.1) is 13.2 Å². The lowest BCUT2D eigenvalue weighted by molar-refractivity contribution is 0.0351. The molecule has 112 valence electrons. The van der Waals surface area contributed by atoms with E-state index in [1.807, 2.05) is 17.5 Å². The Labute approximate surface area is 129 Å². The highest BCUT2D eigenvalue weighted by Crippen LogP contribution is 2.31. The Morgan fingerprint density at radius 2 is 2.40 bits per heavy atom. The van der Waals surface area contributed by atoms with Gasteiger partial charge in [-0.25, -0.2) is 4.98 Å². The summed E-state index contributed by atoms with van der Waals surface area (Å²) in [7, 11) is 4.21. The van der Waals surface area contributed by atoms with E-state index in [4.69, 9.17) is 4.74 Å². The molecule has 0 saturated carbocycles. The van der Waals surface area contributed by atoms with E-state index in [0.29, 0.717) is 11.3 Å². The molecule has 0 bridgehead atoms. The Kier molecular flexibility index (Phi) is 4.99. The van der Waals surface area contributed by atoms with Crippen LogP contribution in [0, 0.1) is 0 Å². The van der Waals surface area contributed by atoms with Gasteiger partial charge >= 0.3 is 0 Å². The van der Waals surface area contributed by atoms with E-state index in [1.165, 1.54) is 28.6 Å². The van der Waals surface area contributed by atoms with Gasteiger partial charge in [-0.3, -0.25) is 4.90 Å². The first-order chi connectivity index (χ1) is 9.72. The number of hydrogen-bond donors (Lipinski definition) is 0. The zero-order valence-electron chi connectivity index (χ0n) is 12.2. The molecule has 3 rings (SSSR count). The number of rotatable bonds is 4. The molecule has 20 heavy (non-hydrogen) atoms. The van der Waals surface area contributed by atoms with Crippen LogP contribution in [0.1, 0.15) is 16.3 Å². The fourth-order valence-electron chi connectivity index (χ4n) is 2.94. The monoisotopic (exact) mass is 313 g/mol. The van der Waals surface area contributed by atoms with E-state index in [0.717, 1.165) is 26.3 Å². The van der Waals surface area contributed by atoms with Crippen LogP contribution in [0.5, 0.6) is 0 Å². The lowest BCUT2D eigenvalue weighted by Crippen LogP contribution is -2.51. The predicted molar refractivity (Wildman–Crippen MR) is 85.4 cm³/mol. The first-order valence-electron chi connectivity index (χ1n) is 7.24. The summed E-state index contributed by atoms with van der Waals surface area (Å²) >= 11 is 3.95. The molecule has 2 saturated heterocycles. The van der Waals surface area contributed by atoms with Crippen molar-refractivity contribution in [1.82, 2.24) is 14.8 Å². The molecule has 2 aliphatic rings. The van der Waals surface area contributed by atoms with Crippen molar-refractivity contribution >= 4 is 23.1 Å². The van der Waals surface area contributed by atoms with Gasteiger partial charge in [0, 0.05) is 47.8 Å². The van der Waals surface area contributed by atoms with Crippen LogP contribution < -0.4 is 0 Å². The lowest BCUT2D eigenvalue weighted by atomic mass is 10.1. The van der Waals surface area contributed by atoms with Crippen molar-refractivity contribution in [3.05, 3.63) is 16.1 Å². The highest BCUT2D eigenvalue weighted by Gasteiger charge is 2.34. The molecule has 2 aliphatic heterocycles. The van der Waals surface area contributed by atoms with Crippen molar-refractivity contribution in [2.24, 2.45) is 0 Å². The highest BCUT2D eigenvalue weighted by atomic mass is 32.2. The molecule has 3 heterocycles. The lowest BCUT2D eigenvalue weighted by Gasteiger charge is -2.43. The highest BCUT2D eigenvalue weighted by molar-refractivity contribution is 8.00. The molecule has 0 radical (unpaired) electrons. The Hall–Kier alpha value is -0.140. The van der Waals surface area contributed by atoms with Crippen LogP contribution in [0.15, 0.2) is 6.20 Å². The number of ether oxygens (including phenoxy) is 1. The predicted octanol–water partition coefficient (Wildman–Crippen LogP) is 1.91. The van der Waals surface area contributed by atoms with E-state index in [9.17, 15) is 0 Å². The second-order valence-corrected chi connectivity index (χ2v) is 8.32. The van der Waals surface area contributed by atoms with Crippen LogP contribution in [0.2, 0.25) is 0 Å². The van der Waals surface area contributed by atoms with Gasteiger partial charge in [-0.2, -0.15) is 11.8 Å². The van der Waals surface area contributed by atoms with Gasteiger partial charge in [0.1, 0.15) is 5.01 Å². The summed E-state index contributed by atoms with van der Waals surface area (Å²) < 4.78 is 5.62. The topological polar surface area (TPSA) is 28.6 Å². The Morgan fingerprint density at radius 3 is 3.25 bits per heavy atom. The van der Waals surface area contributed by atoms with Crippen LogP contribution >= 0.6 is 23.1 Å². The average Bonchev–Trinajstić information content (AvgIpc) is 2.86. The zero-order chi connectivity index (χ0) is 13.9. The molecule has 6 heteroatoms. The van der Waals surface area contributed by atoms with Crippen molar-refractivity contribution in [2.75, 3.05) is 39.6 Å². The van der Waals surface area contributed by atoms with Gasteiger partial charge in [0.25, 0.3) is 0 Å². The van der Waals surface area contributed by atoms with E-state index < -0.39 is 0 Å². The van der Waals surface area contributed by atoms with Crippen LogP contribution in [-0.2, 0) is 17.8 Å². The standard InChI is InChI=1S/C14H23N3OS2/c1-16(2)8-11-7-15-14(20-11)9-17-4-6-19-13-10-18-5-3-12(13)17/h7,12-13H,3-6,8-10H2,1-2H3. The van der Waals surface area contributed by atoms with Crippen LogP contribution in [0.4, 0.5) is 0 Å². The van der Waals surface area contributed by atoms with E-state index in [-0.39, 0.29) is 0 Å². The summed E-state index contributed by atoms with van der Waals surface area (Å²) in [6, 6.07) is 0.684. The van der Waals surface area contributed by atoms with Crippen LogP contribution in [0.3, 0.4) is 0 Å². The first-order valence-corrected chi connectivity index (χ1v) is 9.10. The molecule has 2 fully saturated rings. The fourth-order valence-corrected chi connectivity index (χ4v) is 5.37. The first kappa shape index (κ1) is 14.8. The molecule has 0 N–H and O–H groups in total. The summed E-state index contributed by atoms with van der Waals surface area (Å²) in [5.74, 6) is 1.22. The molecule has 0 amide bonds. The van der Waals surface area contributed by atoms with Crippen LogP contribution in [-0.4, -0.2) is 65.7 Å². The number of nitrogens with zero attached hydrogens (tertiary/aromatic N) is 3. The second-order valence-electron chi connectivity index (χ2n) is 5.77.